The third-order valence-electron chi connectivity index (χ3n) is 5.09. The molecule has 1 atom stereocenters. The molecule has 4 aromatic rings. The molecule has 2 aromatic carbocycles. The number of carbonyl (C=O) groups excluding carboxylic acids is 2. The highest BCUT2D eigenvalue weighted by atomic mass is 16.6. The van der Waals surface area contributed by atoms with E-state index in [1.165, 1.54) is 0 Å². The molecule has 2 heterocycles. The van der Waals surface area contributed by atoms with Crippen molar-refractivity contribution < 1.29 is 18.7 Å². The Labute approximate surface area is 208 Å². The zero-order valence-corrected chi connectivity index (χ0v) is 20.6. The molecule has 36 heavy (non-hydrogen) atoms. The van der Waals surface area contributed by atoms with Gasteiger partial charge in [-0.05, 0) is 57.5 Å². The number of alkyl carbamates (subject to hydrolysis) is 1. The minimum absolute atomic E-state index is 0.274. The molecule has 0 bridgehead atoms. The summed E-state index contributed by atoms with van der Waals surface area (Å²) in [5.74, 6) is 0.435. The smallest absolute Gasteiger partial charge is 0.408 e. The number of carbonyl (C=O) groups is 2. The van der Waals surface area contributed by atoms with Crippen LogP contribution in [0.4, 0.5) is 4.79 Å². The van der Waals surface area contributed by atoms with Crippen LogP contribution in [0.1, 0.15) is 33.3 Å². The number of hydrogen-bond acceptors (Lipinski definition) is 7. The Morgan fingerprint density at radius 3 is 2.56 bits per heavy atom. The average Bonchev–Trinajstić information content (AvgIpc) is 3.52. The largest absolute Gasteiger partial charge is 0.444 e. The second-order valence-corrected chi connectivity index (χ2v) is 9.18. The van der Waals surface area contributed by atoms with Crippen molar-refractivity contribution in [3.05, 3.63) is 72.7 Å². The summed E-state index contributed by atoms with van der Waals surface area (Å²) in [5, 5.41) is 13.7. The topological polar surface area (TPSA) is 124 Å². The number of hydrogen-bond donors (Lipinski definition) is 2. The number of rotatable bonds is 7. The van der Waals surface area contributed by atoms with E-state index in [0.717, 1.165) is 16.8 Å². The highest BCUT2D eigenvalue weighted by Crippen LogP contribution is 2.25. The molecular weight excluding hydrogens is 460 g/mol. The average molecular weight is 489 g/mol. The Balaban J connectivity index is 1.43. The molecule has 0 saturated heterocycles. The van der Waals surface area contributed by atoms with E-state index < -0.39 is 17.7 Å². The van der Waals surface area contributed by atoms with E-state index >= 15 is 0 Å². The van der Waals surface area contributed by atoms with Crippen molar-refractivity contribution in [2.75, 3.05) is 0 Å². The minimum Gasteiger partial charge on any atom is -0.444 e. The molecule has 0 aliphatic carbocycles. The number of nitrogens with one attached hydrogen (secondary N) is 2. The number of imidazole rings is 1. The van der Waals surface area contributed by atoms with Crippen molar-refractivity contribution in [2.45, 2.75) is 45.9 Å². The van der Waals surface area contributed by atoms with Crippen LogP contribution in [-0.4, -0.2) is 43.4 Å². The lowest BCUT2D eigenvalue weighted by molar-refractivity contribution is -0.122. The molecule has 2 amide bonds. The highest BCUT2D eigenvalue weighted by Gasteiger charge is 2.21. The Bertz CT molecular complexity index is 1340. The summed E-state index contributed by atoms with van der Waals surface area (Å²) in [6, 6.07) is 16.4. The number of amides is 2. The van der Waals surface area contributed by atoms with Crippen molar-refractivity contribution in [2.24, 2.45) is 0 Å². The first kappa shape index (κ1) is 24.6. The van der Waals surface area contributed by atoms with Crippen molar-refractivity contribution in [1.82, 2.24) is 30.4 Å². The lowest BCUT2D eigenvalue weighted by atomic mass is 10.2. The molecule has 1 unspecified atom stereocenters. The monoisotopic (exact) mass is 488 g/mol. The van der Waals surface area contributed by atoms with E-state index in [-0.39, 0.29) is 12.5 Å². The van der Waals surface area contributed by atoms with Crippen LogP contribution in [0.3, 0.4) is 0 Å². The van der Waals surface area contributed by atoms with Gasteiger partial charge in [0, 0.05) is 17.8 Å². The summed E-state index contributed by atoms with van der Waals surface area (Å²) in [4.78, 5) is 28.6. The summed E-state index contributed by atoms with van der Waals surface area (Å²) in [6.45, 7) is 7.15. The number of aromatic nitrogens is 4. The van der Waals surface area contributed by atoms with Gasteiger partial charge in [-0.3, -0.25) is 9.36 Å². The van der Waals surface area contributed by atoms with Gasteiger partial charge in [0.2, 0.25) is 11.8 Å². The maximum atomic E-state index is 12.5. The Morgan fingerprint density at radius 1 is 1.06 bits per heavy atom. The Hall–Kier alpha value is -4.47. The molecule has 0 aliphatic heterocycles. The predicted molar refractivity (Wildman–Crippen MR) is 133 cm³/mol. The fraction of sp³-hybridized carbons (Fsp3) is 0.269. The second kappa shape index (κ2) is 10.4. The molecule has 2 aromatic heterocycles. The first-order valence-electron chi connectivity index (χ1n) is 11.5. The number of ether oxygens (including phenoxy) is 1. The summed E-state index contributed by atoms with van der Waals surface area (Å²) < 4.78 is 12.9. The maximum Gasteiger partial charge on any atom is 0.408 e. The quantitative estimate of drug-likeness (QED) is 0.401. The molecule has 0 aliphatic rings. The fourth-order valence-electron chi connectivity index (χ4n) is 3.39. The molecule has 186 valence electrons. The predicted octanol–water partition coefficient (Wildman–Crippen LogP) is 4.12. The van der Waals surface area contributed by atoms with Gasteiger partial charge < -0.3 is 19.8 Å². The molecular formula is C26H28N6O4. The summed E-state index contributed by atoms with van der Waals surface area (Å²) in [6.07, 6.45) is 2.67. The van der Waals surface area contributed by atoms with Crippen LogP contribution in [0.15, 0.2) is 71.5 Å². The molecule has 0 saturated carbocycles. The summed E-state index contributed by atoms with van der Waals surface area (Å²) in [7, 11) is 0. The van der Waals surface area contributed by atoms with Gasteiger partial charge in [0.1, 0.15) is 17.3 Å². The number of nitrogens with zero attached hydrogens (tertiary/aromatic N) is 4. The van der Waals surface area contributed by atoms with Gasteiger partial charge in [-0.15, -0.1) is 10.2 Å². The normalized spacial score (nSPS) is 12.1. The van der Waals surface area contributed by atoms with Gasteiger partial charge >= 0.3 is 6.09 Å². The molecule has 2 N–H and O–H groups in total. The van der Waals surface area contributed by atoms with Gasteiger partial charge in [-0.25, -0.2) is 9.78 Å². The van der Waals surface area contributed by atoms with Crippen molar-refractivity contribution in [1.29, 1.82) is 0 Å². The van der Waals surface area contributed by atoms with Crippen LogP contribution in [0.5, 0.6) is 0 Å². The van der Waals surface area contributed by atoms with Gasteiger partial charge in [0.25, 0.3) is 5.89 Å². The van der Waals surface area contributed by atoms with Crippen LogP contribution in [0, 0.1) is 0 Å². The van der Waals surface area contributed by atoms with Crippen molar-refractivity contribution >= 4 is 12.0 Å². The van der Waals surface area contributed by atoms with E-state index in [0.29, 0.717) is 17.5 Å². The molecule has 0 fully saturated rings. The van der Waals surface area contributed by atoms with Crippen LogP contribution in [0.2, 0.25) is 0 Å². The lowest BCUT2D eigenvalue weighted by Gasteiger charge is -2.21. The zero-order chi connectivity index (χ0) is 25.7. The number of benzene rings is 2. The van der Waals surface area contributed by atoms with E-state index in [1.54, 1.807) is 40.2 Å². The third-order valence-corrected chi connectivity index (χ3v) is 5.09. The van der Waals surface area contributed by atoms with Gasteiger partial charge in [0.05, 0.1) is 12.5 Å². The highest BCUT2D eigenvalue weighted by molar-refractivity contribution is 5.85. The SMILES string of the molecule is CC(NC(=O)OC(C)(C)C)C(=O)NCc1cccc(-n2cncc2-c2nnc(-c3ccccc3)o2)c1. The lowest BCUT2D eigenvalue weighted by Crippen LogP contribution is -2.46. The van der Waals surface area contributed by atoms with Crippen LogP contribution >= 0.6 is 0 Å². The first-order chi connectivity index (χ1) is 17.2. The summed E-state index contributed by atoms with van der Waals surface area (Å²) in [5.41, 5.74) is 2.50. The summed E-state index contributed by atoms with van der Waals surface area (Å²) >= 11 is 0. The Morgan fingerprint density at radius 2 is 1.81 bits per heavy atom. The second-order valence-electron chi connectivity index (χ2n) is 9.18. The molecule has 10 nitrogen and oxygen atoms in total. The van der Waals surface area contributed by atoms with Crippen LogP contribution in [-0.2, 0) is 16.1 Å². The van der Waals surface area contributed by atoms with Crippen LogP contribution in [0.25, 0.3) is 28.7 Å². The van der Waals surface area contributed by atoms with Crippen LogP contribution < -0.4 is 10.6 Å². The van der Waals surface area contributed by atoms with Crippen molar-refractivity contribution in [3.8, 4) is 28.7 Å². The minimum atomic E-state index is -0.750. The van der Waals surface area contributed by atoms with E-state index in [1.807, 2.05) is 59.2 Å². The fourth-order valence-corrected chi connectivity index (χ4v) is 3.39. The molecule has 0 radical (unpaired) electrons. The van der Waals surface area contributed by atoms with Gasteiger partial charge in [-0.2, -0.15) is 0 Å². The molecule has 0 spiro atoms. The zero-order valence-electron chi connectivity index (χ0n) is 20.6. The van der Waals surface area contributed by atoms with Crippen molar-refractivity contribution in [3.63, 3.8) is 0 Å². The maximum absolute atomic E-state index is 12.5. The van der Waals surface area contributed by atoms with E-state index in [9.17, 15) is 9.59 Å². The standard InChI is InChI=1S/C26H28N6O4/c1-17(29-25(34)36-26(2,3)4)22(33)28-14-18-9-8-12-20(13-18)32-16-27-15-21(32)24-31-30-23(35-24)19-10-6-5-7-11-19/h5-13,15-17H,14H2,1-4H3,(H,28,33)(H,29,34). The molecule has 10 heteroatoms. The molecule has 4 rings (SSSR count). The Kier molecular flexibility index (Phi) is 7.14. The van der Waals surface area contributed by atoms with E-state index in [2.05, 4.69) is 25.8 Å². The van der Waals surface area contributed by atoms with E-state index in [4.69, 9.17) is 9.15 Å². The first-order valence-corrected chi connectivity index (χ1v) is 11.5. The third kappa shape index (κ3) is 6.15. The van der Waals surface area contributed by atoms with Gasteiger partial charge in [0.15, 0.2) is 0 Å². The van der Waals surface area contributed by atoms with Gasteiger partial charge in [-0.1, -0.05) is 30.3 Å².